The van der Waals surface area contributed by atoms with Crippen LogP contribution in [0.3, 0.4) is 0 Å². The fourth-order valence-electron chi connectivity index (χ4n) is 4.92. The molecule has 190 valence electrons. The van der Waals surface area contributed by atoms with Crippen molar-refractivity contribution in [2.24, 2.45) is 0 Å². The Labute approximate surface area is 217 Å². The zero-order chi connectivity index (χ0) is 26.5. The number of ether oxygens (including phenoxy) is 1. The van der Waals surface area contributed by atoms with Crippen LogP contribution in [0.25, 0.3) is 0 Å². The number of nitro benzene ring substituents is 1. The Morgan fingerprint density at radius 3 is 1.89 bits per heavy atom. The zero-order valence-corrected chi connectivity index (χ0v) is 21.9. The van der Waals surface area contributed by atoms with Crippen molar-refractivity contribution in [3.8, 4) is 5.88 Å². The van der Waals surface area contributed by atoms with Crippen LogP contribution in [-0.4, -0.2) is 59.5 Å². The predicted molar refractivity (Wildman–Crippen MR) is 137 cm³/mol. The molecule has 3 heterocycles. The third-order valence-corrected chi connectivity index (χ3v) is 7.54. The fraction of sp³-hybridized carbons (Fsp3) is 0.435. The summed E-state index contributed by atoms with van der Waals surface area (Å²) in [5, 5.41) is 11.3. The number of carbonyl (C=O) groups is 2. The van der Waals surface area contributed by atoms with Crippen LogP contribution in [0.2, 0.25) is 0 Å². The Balaban J connectivity index is 2.12. The van der Waals surface area contributed by atoms with Gasteiger partial charge in [-0.05, 0) is 57.7 Å². The van der Waals surface area contributed by atoms with Gasteiger partial charge in [0.2, 0.25) is 5.88 Å². The van der Waals surface area contributed by atoms with Gasteiger partial charge in [-0.2, -0.15) is 0 Å². The quantitative estimate of drug-likeness (QED) is 0.241. The van der Waals surface area contributed by atoms with Crippen molar-refractivity contribution in [3.05, 3.63) is 60.6 Å². The minimum Gasteiger partial charge on any atom is -0.450 e. The number of thiocarbonyl (C=S) groups is 1. The van der Waals surface area contributed by atoms with Crippen LogP contribution in [0.5, 0.6) is 5.88 Å². The summed E-state index contributed by atoms with van der Waals surface area (Å²) in [6.45, 7) is 7.96. The lowest BCUT2D eigenvalue weighted by molar-refractivity contribution is -0.384. The SMILES string of the molecule is CCN1C(=O)C2(Oc3c(c(=O)n(CC)c(=S)n3CC)C2c2ccc([N+](=O)[O-])cc2)C(=O)N(CC)C1=S. The van der Waals surface area contributed by atoms with Gasteiger partial charge in [-0.15, -0.1) is 0 Å². The summed E-state index contributed by atoms with van der Waals surface area (Å²) in [4.78, 5) is 55.2. The van der Waals surface area contributed by atoms with E-state index in [0.717, 1.165) is 0 Å². The highest BCUT2D eigenvalue weighted by Gasteiger charge is 2.67. The van der Waals surface area contributed by atoms with Crippen molar-refractivity contribution in [2.75, 3.05) is 13.1 Å². The molecule has 0 saturated carbocycles. The summed E-state index contributed by atoms with van der Waals surface area (Å²) in [6, 6.07) is 5.42. The van der Waals surface area contributed by atoms with Crippen LogP contribution in [0.1, 0.15) is 44.7 Å². The molecule has 0 N–H and O–H groups in total. The van der Waals surface area contributed by atoms with Crippen molar-refractivity contribution in [3.63, 3.8) is 0 Å². The summed E-state index contributed by atoms with van der Waals surface area (Å²) >= 11 is 11.0. The van der Waals surface area contributed by atoms with Gasteiger partial charge in [0.1, 0.15) is 0 Å². The van der Waals surface area contributed by atoms with Crippen LogP contribution in [0.4, 0.5) is 5.69 Å². The van der Waals surface area contributed by atoms with Crippen molar-refractivity contribution < 1.29 is 19.2 Å². The molecule has 1 spiro atoms. The van der Waals surface area contributed by atoms with Gasteiger partial charge in [-0.1, -0.05) is 12.1 Å². The molecule has 36 heavy (non-hydrogen) atoms. The number of hydrogen-bond donors (Lipinski definition) is 0. The number of nitrogens with zero attached hydrogens (tertiary/aromatic N) is 5. The highest BCUT2D eigenvalue weighted by molar-refractivity contribution is 7.80. The molecule has 1 saturated heterocycles. The first kappa shape index (κ1) is 25.6. The fourth-order valence-corrected chi connectivity index (χ4v) is 5.77. The molecular formula is C23H25N5O6S2. The Morgan fingerprint density at radius 1 is 0.917 bits per heavy atom. The van der Waals surface area contributed by atoms with Crippen molar-refractivity contribution in [2.45, 2.75) is 52.3 Å². The lowest BCUT2D eigenvalue weighted by Crippen LogP contribution is -2.71. The molecule has 13 heteroatoms. The standard InChI is InChI=1S/C23H25N5O6S2/c1-5-24-17(29)15-16(13-9-11-14(12-10-13)28(32)33)23(34-18(15)25(6-2)21(24)35)19(30)26(7-3)22(36)27(8-4)20(23)31/h9-12,16H,5-8H2,1-4H3. The van der Waals surface area contributed by atoms with Crippen LogP contribution in [0, 0.1) is 14.9 Å². The summed E-state index contributed by atoms with van der Waals surface area (Å²) in [5.41, 5.74) is -2.38. The maximum Gasteiger partial charge on any atom is 0.284 e. The highest BCUT2D eigenvalue weighted by Crippen LogP contribution is 2.50. The Morgan fingerprint density at radius 2 is 1.44 bits per heavy atom. The van der Waals surface area contributed by atoms with E-state index in [-0.39, 0.29) is 46.6 Å². The number of rotatable bonds is 6. The number of fused-ring (bicyclic) bond motifs is 1. The van der Waals surface area contributed by atoms with Gasteiger partial charge < -0.3 is 4.74 Å². The molecule has 2 aliphatic heterocycles. The van der Waals surface area contributed by atoms with E-state index in [1.165, 1.54) is 38.6 Å². The first-order valence-electron chi connectivity index (χ1n) is 11.6. The summed E-state index contributed by atoms with van der Waals surface area (Å²) in [7, 11) is 0. The second-order valence-corrected chi connectivity index (χ2v) is 9.03. The van der Waals surface area contributed by atoms with Gasteiger partial charge >= 0.3 is 0 Å². The van der Waals surface area contributed by atoms with E-state index >= 15 is 0 Å². The molecule has 11 nitrogen and oxygen atoms in total. The van der Waals surface area contributed by atoms with Gasteiger partial charge in [-0.25, -0.2) is 0 Å². The minimum atomic E-state index is -2.17. The average molecular weight is 532 g/mol. The number of benzene rings is 1. The zero-order valence-electron chi connectivity index (χ0n) is 20.2. The molecular weight excluding hydrogens is 506 g/mol. The minimum absolute atomic E-state index is 0.0437. The highest BCUT2D eigenvalue weighted by atomic mass is 32.1. The largest absolute Gasteiger partial charge is 0.450 e. The molecule has 2 amide bonds. The molecule has 2 aromatic rings. The molecule has 0 radical (unpaired) electrons. The number of carbonyl (C=O) groups excluding carboxylic acids is 2. The molecule has 2 aliphatic rings. The smallest absolute Gasteiger partial charge is 0.284 e. The Kier molecular flexibility index (Phi) is 6.56. The van der Waals surface area contributed by atoms with E-state index < -0.39 is 33.8 Å². The average Bonchev–Trinajstić information content (AvgIpc) is 3.21. The number of amides is 2. The summed E-state index contributed by atoms with van der Waals surface area (Å²) in [6.07, 6.45) is 0. The lowest BCUT2D eigenvalue weighted by Gasteiger charge is -2.45. The maximum atomic E-state index is 14.1. The predicted octanol–water partition coefficient (Wildman–Crippen LogP) is 2.59. The van der Waals surface area contributed by atoms with Gasteiger partial charge in [0.25, 0.3) is 28.7 Å². The molecule has 1 aromatic carbocycles. The van der Waals surface area contributed by atoms with Crippen LogP contribution < -0.4 is 10.3 Å². The van der Waals surface area contributed by atoms with Crippen LogP contribution in [-0.2, 0) is 22.7 Å². The molecule has 0 aliphatic carbocycles. The molecule has 1 aromatic heterocycles. The van der Waals surface area contributed by atoms with Gasteiger partial charge in [0, 0.05) is 38.3 Å². The van der Waals surface area contributed by atoms with Crippen LogP contribution in [0.15, 0.2) is 29.1 Å². The first-order chi connectivity index (χ1) is 17.1. The van der Waals surface area contributed by atoms with Crippen molar-refractivity contribution in [1.29, 1.82) is 0 Å². The first-order valence-corrected chi connectivity index (χ1v) is 12.4. The molecule has 4 rings (SSSR count). The van der Waals surface area contributed by atoms with Gasteiger partial charge in [0.15, 0.2) is 9.88 Å². The second kappa shape index (κ2) is 9.21. The number of aromatic nitrogens is 2. The van der Waals surface area contributed by atoms with Crippen LogP contribution >= 0.6 is 24.4 Å². The normalized spacial score (nSPS) is 18.6. The lowest BCUT2D eigenvalue weighted by atomic mass is 9.76. The molecule has 0 bridgehead atoms. The topological polar surface area (TPSA) is 120 Å². The van der Waals surface area contributed by atoms with Crippen molar-refractivity contribution >= 4 is 47.0 Å². The van der Waals surface area contributed by atoms with E-state index in [9.17, 15) is 24.5 Å². The molecule has 1 unspecified atom stereocenters. The Bertz CT molecular complexity index is 1390. The Hall–Kier alpha value is -3.45. The number of hydrogen-bond acceptors (Lipinski definition) is 8. The summed E-state index contributed by atoms with van der Waals surface area (Å²) in [5.74, 6) is -2.53. The number of likely N-dealkylation sites (N-methyl/N-ethyl adjacent to an activating group) is 2. The third kappa shape index (κ3) is 3.33. The van der Waals surface area contributed by atoms with E-state index in [2.05, 4.69) is 0 Å². The molecule has 1 fully saturated rings. The van der Waals surface area contributed by atoms with Crippen molar-refractivity contribution in [1.82, 2.24) is 18.9 Å². The van der Waals surface area contributed by atoms with Gasteiger partial charge in [0.05, 0.1) is 16.4 Å². The third-order valence-electron chi connectivity index (χ3n) is 6.66. The van der Waals surface area contributed by atoms with E-state index in [0.29, 0.717) is 12.1 Å². The summed E-state index contributed by atoms with van der Waals surface area (Å²) < 4.78 is 9.48. The monoisotopic (exact) mass is 531 g/mol. The van der Waals surface area contributed by atoms with E-state index in [1.54, 1.807) is 25.3 Å². The van der Waals surface area contributed by atoms with E-state index in [1.807, 2.05) is 6.92 Å². The second-order valence-electron chi connectivity index (χ2n) is 8.30. The van der Waals surface area contributed by atoms with Gasteiger partial charge in [-0.3, -0.25) is 43.4 Å². The number of non-ortho nitro benzene ring substituents is 1. The van der Waals surface area contributed by atoms with E-state index in [4.69, 9.17) is 29.2 Å². The maximum absolute atomic E-state index is 14.1. The molecule has 1 atom stereocenters. The number of nitro groups is 1.